The molecule has 8 heteroatoms. The van der Waals surface area contributed by atoms with Crippen molar-refractivity contribution in [1.82, 2.24) is 14.6 Å². The highest BCUT2D eigenvalue weighted by Crippen LogP contribution is 2.50. The van der Waals surface area contributed by atoms with Gasteiger partial charge in [0, 0.05) is 47.7 Å². The molecule has 0 spiro atoms. The number of fused-ring (bicyclic) bond motifs is 2. The van der Waals surface area contributed by atoms with Crippen LogP contribution in [0.2, 0.25) is 0 Å². The van der Waals surface area contributed by atoms with Gasteiger partial charge in [0.15, 0.2) is 0 Å². The number of alkyl halides is 1. The number of carbonyl (C=O) groups is 1. The Morgan fingerprint density at radius 2 is 1.74 bits per heavy atom. The largest absolute Gasteiger partial charge is 0.595 e. The number of amides is 1. The molecule has 0 saturated heterocycles. The number of rotatable bonds is 7. The second-order valence-electron chi connectivity index (χ2n) is 8.43. The summed E-state index contributed by atoms with van der Waals surface area (Å²) in [6, 6.07) is 21.7. The summed E-state index contributed by atoms with van der Waals surface area (Å²) in [5, 5.41) is 2.72. The number of nitrogens with zero attached hydrogens (tertiary/aromatic N) is 2. The summed E-state index contributed by atoms with van der Waals surface area (Å²) in [7, 11) is -1.78. The van der Waals surface area contributed by atoms with E-state index in [0.29, 0.717) is 47.7 Å². The lowest BCUT2D eigenvalue weighted by Crippen LogP contribution is -2.51. The van der Waals surface area contributed by atoms with Crippen LogP contribution in [0.15, 0.2) is 84.6 Å². The van der Waals surface area contributed by atoms with E-state index >= 15 is 8.71 Å². The number of nitrogens with one attached hydrogen (secondary N) is 1. The Hall–Kier alpha value is -3.65. The first-order chi connectivity index (χ1) is 16.5. The molecular weight excluding hydrogens is 433 g/mol. The second kappa shape index (κ2) is 8.95. The van der Waals surface area contributed by atoms with Crippen molar-refractivity contribution < 1.29 is 13.5 Å². The minimum atomic E-state index is -2.17. The van der Waals surface area contributed by atoms with Crippen LogP contribution in [-0.4, -0.2) is 35.5 Å². The van der Waals surface area contributed by atoms with Crippen LogP contribution in [0.5, 0.6) is 0 Å². The maximum Gasteiger partial charge on any atom is 0.595 e. The van der Waals surface area contributed by atoms with Gasteiger partial charge in [-0.15, -0.1) is 0 Å². The average molecular weight is 458 g/mol. The lowest BCUT2D eigenvalue weighted by atomic mass is 9.89. The Kier molecular flexibility index (Phi) is 5.83. The molecule has 1 amide bonds. The van der Waals surface area contributed by atoms with Crippen molar-refractivity contribution in [3.63, 3.8) is 0 Å². The molecule has 3 heterocycles. The molecule has 2 aromatic carbocycles. The lowest BCUT2D eigenvalue weighted by molar-refractivity contribution is -0.121. The van der Waals surface area contributed by atoms with Crippen molar-refractivity contribution in [2.45, 2.75) is 18.6 Å². The molecule has 3 N–H and O–H groups in total. The van der Waals surface area contributed by atoms with Crippen LogP contribution in [0.25, 0.3) is 11.6 Å². The van der Waals surface area contributed by atoms with Crippen molar-refractivity contribution in [3.8, 4) is 0 Å². The molecule has 3 aromatic rings. The van der Waals surface area contributed by atoms with Gasteiger partial charge in [0.2, 0.25) is 11.7 Å². The standard InChI is InChI=1S/C26H25BF2N4O/c28-26(20-9-5-2-6-10-20)18-23(19-7-3-1-4-8-19)24-17-22-12-11-21(32(22)27(29)33(24)26)13-14-25(34)31-16-15-30/h1-12,17-18H,13-16,30H2,(H,31,34). The number of benzene rings is 2. The summed E-state index contributed by atoms with van der Waals surface area (Å²) in [5.74, 6) is -2.32. The Bertz CT molecular complexity index is 1260. The zero-order valence-electron chi connectivity index (χ0n) is 18.6. The number of hydrogen-bond acceptors (Lipinski definition) is 3. The van der Waals surface area contributed by atoms with E-state index in [4.69, 9.17) is 5.73 Å². The predicted octanol–water partition coefficient (Wildman–Crippen LogP) is 3.87. The number of aromatic nitrogens is 1. The summed E-state index contributed by atoms with van der Waals surface area (Å²) in [6.45, 7) is 0.752. The molecule has 1 unspecified atom stereocenters. The van der Waals surface area contributed by atoms with Gasteiger partial charge in [-0.25, -0.2) is 4.39 Å². The fourth-order valence-electron chi connectivity index (χ4n) is 4.69. The van der Waals surface area contributed by atoms with Crippen molar-refractivity contribution in [1.29, 1.82) is 0 Å². The molecule has 0 radical (unpaired) electrons. The molecular formula is C26H25BF2N4O. The molecule has 2 aliphatic rings. The van der Waals surface area contributed by atoms with E-state index in [-0.39, 0.29) is 12.3 Å². The SMILES string of the molecule is NCCNC(=O)CCc1ccc2n1B(F)N1C(=C2)C(c2ccccc2)=CC1(F)c1ccccc1. The van der Waals surface area contributed by atoms with Crippen LogP contribution < -0.4 is 11.1 Å². The summed E-state index contributed by atoms with van der Waals surface area (Å²) in [6.07, 6.45) is 3.84. The van der Waals surface area contributed by atoms with Gasteiger partial charge in [-0.1, -0.05) is 60.7 Å². The maximum atomic E-state index is 16.8. The molecule has 0 aliphatic carbocycles. The molecule has 5 rings (SSSR count). The van der Waals surface area contributed by atoms with E-state index in [0.717, 1.165) is 5.56 Å². The zero-order chi connectivity index (χ0) is 23.7. The van der Waals surface area contributed by atoms with E-state index in [2.05, 4.69) is 5.32 Å². The zero-order valence-corrected chi connectivity index (χ0v) is 18.6. The van der Waals surface area contributed by atoms with Gasteiger partial charge in [0.1, 0.15) is 0 Å². The number of hydrogen-bond donors (Lipinski definition) is 2. The first-order valence-electron chi connectivity index (χ1n) is 11.4. The van der Waals surface area contributed by atoms with Crippen molar-refractivity contribution >= 4 is 24.8 Å². The number of aryl methyl sites for hydroxylation is 1. The molecule has 34 heavy (non-hydrogen) atoms. The van der Waals surface area contributed by atoms with Gasteiger partial charge in [-0.2, -0.15) is 0 Å². The van der Waals surface area contributed by atoms with Gasteiger partial charge in [0.25, 0.3) is 0 Å². The van der Waals surface area contributed by atoms with E-state index in [1.54, 1.807) is 36.4 Å². The third kappa shape index (κ3) is 3.74. The summed E-state index contributed by atoms with van der Waals surface area (Å²) >= 11 is 0. The van der Waals surface area contributed by atoms with Gasteiger partial charge in [-0.05, 0) is 36.3 Å². The molecule has 2 aliphatic heterocycles. The van der Waals surface area contributed by atoms with Gasteiger partial charge < -0.3 is 20.3 Å². The van der Waals surface area contributed by atoms with Gasteiger partial charge in [-0.3, -0.25) is 9.11 Å². The van der Waals surface area contributed by atoms with Crippen molar-refractivity contribution in [2.75, 3.05) is 13.1 Å². The fraction of sp³-hybridized carbons (Fsp3) is 0.192. The van der Waals surface area contributed by atoms with Crippen LogP contribution in [0.4, 0.5) is 8.71 Å². The normalized spacial score (nSPS) is 18.8. The van der Waals surface area contributed by atoms with E-state index < -0.39 is 13.1 Å². The van der Waals surface area contributed by atoms with Crippen molar-refractivity contribution in [2.24, 2.45) is 5.73 Å². The van der Waals surface area contributed by atoms with Crippen LogP contribution in [0.3, 0.4) is 0 Å². The molecule has 5 nitrogen and oxygen atoms in total. The Balaban J connectivity index is 1.56. The minimum Gasteiger partial charge on any atom is -0.355 e. The predicted molar refractivity (Wildman–Crippen MR) is 131 cm³/mol. The van der Waals surface area contributed by atoms with E-state index in [1.807, 2.05) is 42.5 Å². The highest BCUT2D eigenvalue weighted by atomic mass is 19.1. The number of carbonyl (C=O) groups excluding carboxylic acids is 1. The highest BCUT2D eigenvalue weighted by Gasteiger charge is 2.53. The van der Waals surface area contributed by atoms with E-state index in [9.17, 15) is 4.79 Å². The van der Waals surface area contributed by atoms with Crippen LogP contribution in [-0.2, 0) is 17.0 Å². The minimum absolute atomic E-state index is 0.151. The molecule has 0 saturated carbocycles. The van der Waals surface area contributed by atoms with Crippen LogP contribution >= 0.6 is 0 Å². The third-order valence-electron chi connectivity index (χ3n) is 6.30. The number of nitrogens with two attached hydrogens (primary N) is 1. The maximum absolute atomic E-state index is 16.8. The quantitative estimate of drug-likeness (QED) is 0.418. The molecule has 172 valence electrons. The monoisotopic (exact) mass is 458 g/mol. The van der Waals surface area contributed by atoms with Crippen LogP contribution in [0.1, 0.15) is 28.9 Å². The topological polar surface area (TPSA) is 63.3 Å². The number of allylic oxidation sites excluding steroid dienone is 1. The fourth-order valence-corrected chi connectivity index (χ4v) is 4.69. The highest BCUT2D eigenvalue weighted by molar-refractivity contribution is 6.49. The summed E-state index contributed by atoms with van der Waals surface area (Å²) < 4.78 is 34.6. The number of halogens is 2. The molecule has 0 bridgehead atoms. The molecule has 0 fully saturated rings. The Labute approximate surface area is 197 Å². The van der Waals surface area contributed by atoms with Crippen molar-refractivity contribution in [3.05, 3.63) is 107 Å². The first-order valence-corrected chi connectivity index (χ1v) is 11.4. The first kappa shape index (κ1) is 22.2. The molecule has 1 atom stereocenters. The third-order valence-corrected chi connectivity index (χ3v) is 6.30. The van der Waals surface area contributed by atoms with Gasteiger partial charge >= 0.3 is 7.26 Å². The summed E-state index contributed by atoms with van der Waals surface area (Å²) in [4.78, 5) is 13.2. The Morgan fingerprint density at radius 3 is 2.44 bits per heavy atom. The van der Waals surface area contributed by atoms with Gasteiger partial charge in [0.05, 0.1) is 0 Å². The average Bonchev–Trinajstić information content (AvgIpc) is 3.42. The second-order valence-corrected chi connectivity index (χ2v) is 8.43. The van der Waals surface area contributed by atoms with E-state index in [1.165, 1.54) is 15.4 Å². The summed E-state index contributed by atoms with van der Waals surface area (Å²) in [5.41, 5.74) is 9.00. The lowest BCUT2D eigenvalue weighted by Gasteiger charge is -2.38. The smallest absolute Gasteiger partial charge is 0.355 e. The van der Waals surface area contributed by atoms with Crippen LogP contribution in [0, 0.1) is 0 Å². The Morgan fingerprint density at radius 1 is 1.03 bits per heavy atom. The molecule has 1 aromatic heterocycles.